The first kappa shape index (κ1) is 21.7. The van der Waals surface area contributed by atoms with Gasteiger partial charge in [0.25, 0.3) is 0 Å². The maximum atomic E-state index is 11.3. The lowest BCUT2D eigenvalue weighted by Crippen LogP contribution is -2.23. The van der Waals surface area contributed by atoms with Gasteiger partial charge in [0.05, 0.1) is 12.6 Å². The molecule has 5 heteroatoms. The number of unbranched alkanes of at least 4 members (excludes halogenated alkanes) is 3. The molecule has 0 saturated carbocycles. The second kappa shape index (κ2) is 12.0. The van der Waals surface area contributed by atoms with Crippen molar-refractivity contribution in [2.75, 3.05) is 13.2 Å². The minimum atomic E-state index is -0.0961. The van der Waals surface area contributed by atoms with Gasteiger partial charge in [0.1, 0.15) is 0 Å². The summed E-state index contributed by atoms with van der Waals surface area (Å²) in [5.41, 5.74) is 2.34. The van der Waals surface area contributed by atoms with Gasteiger partial charge in [-0.3, -0.25) is 4.79 Å². The van der Waals surface area contributed by atoms with Crippen molar-refractivity contribution in [2.24, 2.45) is 0 Å². The van der Waals surface area contributed by atoms with Gasteiger partial charge in [0, 0.05) is 16.5 Å². The first-order valence-electron chi connectivity index (χ1n) is 9.50. The fourth-order valence-electron chi connectivity index (χ4n) is 2.97. The van der Waals surface area contributed by atoms with Crippen LogP contribution < -0.4 is 5.32 Å². The number of esters is 1. The highest BCUT2D eigenvalue weighted by atomic mass is 35.5. The maximum absolute atomic E-state index is 11.3. The number of carbonyl (C=O) groups is 1. The van der Waals surface area contributed by atoms with Crippen LogP contribution in [0.5, 0.6) is 0 Å². The zero-order valence-electron chi connectivity index (χ0n) is 15.7. The smallest absolute Gasteiger partial charge is 0.305 e. The van der Waals surface area contributed by atoms with Crippen molar-refractivity contribution in [3.05, 3.63) is 69.7 Å². The third-order valence-corrected chi connectivity index (χ3v) is 4.87. The summed E-state index contributed by atoms with van der Waals surface area (Å²) in [6.45, 7) is 3.19. The van der Waals surface area contributed by atoms with Crippen molar-refractivity contribution in [1.29, 1.82) is 0 Å². The molecule has 2 rings (SSSR count). The number of rotatable bonds is 11. The molecule has 0 fully saturated rings. The number of carbonyl (C=O) groups excluding carboxylic acids is 1. The van der Waals surface area contributed by atoms with E-state index in [0.717, 1.165) is 42.3 Å². The van der Waals surface area contributed by atoms with Crippen molar-refractivity contribution in [3.8, 4) is 0 Å². The molecule has 0 saturated heterocycles. The fourth-order valence-corrected chi connectivity index (χ4v) is 3.22. The van der Waals surface area contributed by atoms with Crippen LogP contribution in [0, 0.1) is 0 Å². The third-order valence-electron chi connectivity index (χ3n) is 4.37. The minimum Gasteiger partial charge on any atom is -0.466 e. The molecule has 146 valence electrons. The van der Waals surface area contributed by atoms with Gasteiger partial charge in [-0.05, 0) is 61.7 Å². The Morgan fingerprint density at radius 1 is 0.889 bits per heavy atom. The van der Waals surface area contributed by atoms with Crippen molar-refractivity contribution in [2.45, 2.75) is 45.1 Å². The van der Waals surface area contributed by atoms with Crippen molar-refractivity contribution >= 4 is 29.2 Å². The van der Waals surface area contributed by atoms with E-state index in [0.29, 0.717) is 13.0 Å². The van der Waals surface area contributed by atoms with Gasteiger partial charge in [0.2, 0.25) is 0 Å². The Bertz CT molecular complexity index is 641. The van der Waals surface area contributed by atoms with E-state index in [9.17, 15) is 4.79 Å². The van der Waals surface area contributed by atoms with Gasteiger partial charge in [0.15, 0.2) is 0 Å². The predicted molar refractivity (Wildman–Crippen MR) is 112 cm³/mol. The summed E-state index contributed by atoms with van der Waals surface area (Å²) in [5, 5.41) is 5.10. The molecular formula is C22H27Cl2NO2. The van der Waals surface area contributed by atoms with Crippen LogP contribution in [0.25, 0.3) is 0 Å². The van der Waals surface area contributed by atoms with Gasteiger partial charge in [-0.25, -0.2) is 0 Å². The van der Waals surface area contributed by atoms with Gasteiger partial charge in [-0.1, -0.05) is 60.3 Å². The highest BCUT2D eigenvalue weighted by Gasteiger charge is 2.13. The number of hydrogen-bond acceptors (Lipinski definition) is 3. The van der Waals surface area contributed by atoms with Crippen LogP contribution in [0.2, 0.25) is 10.0 Å². The van der Waals surface area contributed by atoms with E-state index in [2.05, 4.69) is 5.32 Å². The largest absolute Gasteiger partial charge is 0.466 e. The van der Waals surface area contributed by atoms with Gasteiger partial charge >= 0.3 is 5.97 Å². The van der Waals surface area contributed by atoms with Crippen LogP contribution in [-0.2, 0) is 9.53 Å². The van der Waals surface area contributed by atoms with Crippen LogP contribution >= 0.6 is 23.2 Å². The van der Waals surface area contributed by atoms with Crippen LogP contribution in [0.15, 0.2) is 48.5 Å². The Hall–Kier alpha value is -1.55. The lowest BCUT2D eigenvalue weighted by atomic mass is 9.98. The normalized spacial score (nSPS) is 11.0. The number of nitrogens with one attached hydrogen (secondary N) is 1. The molecule has 1 N–H and O–H groups in total. The monoisotopic (exact) mass is 407 g/mol. The molecule has 2 aromatic carbocycles. The Kier molecular flexibility index (Phi) is 9.68. The zero-order chi connectivity index (χ0) is 19.5. The quantitative estimate of drug-likeness (QED) is 0.356. The molecule has 0 atom stereocenters. The molecule has 0 amide bonds. The van der Waals surface area contributed by atoms with E-state index in [1.165, 1.54) is 11.1 Å². The van der Waals surface area contributed by atoms with E-state index in [4.69, 9.17) is 27.9 Å². The van der Waals surface area contributed by atoms with E-state index in [-0.39, 0.29) is 12.0 Å². The summed E-state index contributed by atoms with van der Waals surface area (Å²) < 4.78 is 4.95. The van der Waals surface area contributed by atoms with E-state index < -0.39 is 0 Å². The molecule has 0 heterocycles. The van der Waals surface area contributed by atoms with Gasteiger partial charge < -0.3 is 10.1 Å². The molecule has 0 radical (unpaired) electrons. The summed E-state index contributed by atoms with van der Waals surface area (Å²) in [6.07, 6.45) is 4.57. The summed E-state index contributed by atoms with van der Waals surface area (Å²) in [7, 11) is 0. The second-order valence-electron chi connectivity index (χ2n) is 6.46. The summed E-state index contributed by atoms with van der Waals surface area (Å²) in [4.78, 5) is 11.3. The predicted octanol–water partition coefficient (Wildman–Crippen LogP) is 6.19. The van der Waals surface area contributed by atoms with Crippen LogP contribution in [0.4, 0.5) is 0 Å². The molecule has 0 aliphatic rings. The maximum Gasteiger partial charge on any atom is 0.305 e. The molecule has 27 heavy (non-hydrogen) atoms. The van der Waals surface area contributed by atoms with Crippen LogP contribution in [-0.4, -0.2) is 19.1 Å². The van der Waals surface area contributed by atoms with Crippen molar-refractivity contribution in [3.63, 3.8) is 0 Å². The summed E-state index contributed by atoms with van der Waals surface area (Å²) in [5.74, 6) is -0.0961. The first-order chi connectivity index (χ1) is 13.1. The molecule has 0 aliphatic heterocycles. The van der Waals surface area contributed by atoms with E-state index >= 15 is 0 Å². The molecule has 3 nitrogen and oxygen atoms in total. The van der Waals surface area contributed by atoms with Crippen LogP contribution in [0.3, 0.4) is 0 Å². The lowest BCUT2D eigenvalue weighted by Gasteiger charge is -2.20. The molecule has 0 spiro atoms. The lowest BCUT2D eigenvalue weighted by molar-refractivity contribution is -0.143. The third kappa shape index (κ3) is 7.92. The first-order valence-corrected chi connectivity index (χ1v) is 10.3. The van der Waals surface area contributed by atoms with Crippen LogP contribution in [0.1, 0.15) is 56.2 Å². The molecule has 0 aromatic heterocycles. The number of halogens is 2. The van der Waals surface area contributed by atoms with E-state index in [1.807, 2.05) is 55.5 Å². The minimum absolute atomic E-state index is 0.0961. The molecule has 2 aromatic rings. The topological polar surface area (TPSA) is 38.3 Å². The SMILES string of the molecule is CCOC(=O)CCCCCCNC(c1ccc(Cl)cc1)c1ccc(Cl)cc1. The fraction of sp³-hybridized carbons (Fsp3) is 0.409. The van der Waals surface area contributed by atoms with E-state index in [1.54, 1.807) is 0 Å². The zero-order valence-corrected chi connectivity index (χ0v) is 17.2. The molecule has 0 unspecified atom stereocenters. The summed E-state index contributed by atoms with van der Waals surface area (Å²) >= 11 is 12.1. The average Bonchev–Trinajstić information content (AvgIpc) is 2.66. The Labute approximate surface area is 172 Å². The number of ether oxygens (including phenoxy) is 1. The highest BCUT2D eigenvalue weighted by molar-refractivity contribution is 6.30. The molecular weight excluding hydrogens is 381 g/mol. The second-order valence-corrected chi connectivity index (χ2v) is 7.33. The molecule has 0 aliphatic carbocycles. The Morgan fingerprint density at radius 2 is 1.41 bits per heavy atom. The van der Waals surface area contributed by atoms with Gasteiger partial charge in [-0.15, -0.1) is 0 Å². The summed E-state index contributed by atoms with van der Waals surface area (Å²) in [6, 6.07) is 15.9. The average molecular weight is 408 g/mol. The van der Waals surface area contributed by atoms with Gasteiger partial charge in [-0.2, -0.15) is 0 Å². The Balaban J connectivity index is 1.83. The molecule has 0 bridgehead atoms. The van der Waals surface area contributed by atoms with Crippen molar-refractivity contribution < 1.29 is 9.53 Å². The number of benzene rings is 2. The standard InChI is InChI=1S/C22H27Cl2NO2/c1-2-27-21(26)7-5-3-4-6-16-25-22(17-8-12-19(23)13-9-17)18-10-14-20(24)15-11-18/h8-15,22,25H,2-7,16H2,1H3. The van der Waals surface area contributed by atoms with Crippen molar-refractivity contribution in [1.82, 2.24) is 5.32 Å². The Morgan fingerprint density at radius 3 is 1.93 bits per heavy atom. The highest BCUT2D eigenvalue weighted by Crippen LogP contribution is 2.25. The number of hydrogen-bond donors (Lipinski definition) is 1.